The van der Waals surface area contributed by atoms with E-state index in [9.17, 15) is 9.59 Å². The fraction of sp³-hybridized carbons (Fsp3) is 0.647. The zero-order valence-corrected chi connectivity index (χ0v) is 29.4. The second kappa shape index (κ2) is 26.8. The number of pyridine rings is 2. The highest BCUT2D eigenvalue weighted by Gasteiger charge is 2.09. The van der Waals surface area contributed by atoms with E-state index < -0.39 is 0 Å². The van der Waals surface area contributed by atoms with Crippen LogP contribution in [0, 0.1) is 0 Å². The zero-order chi connectivity index (χ0) is 28.7. The van der Waals surface area contributed by atoms with Gasteiger partial charge in [0.15, 0.2) is 24.8 Å². The Hall–Kier alpha value is -1.80. The molecule has 2 aromatic rings. The summed E-state index contributed by atoms with van der Waals surface area (Å²) >= 11 is 0. The van der Waals surface area contributed by atoms with Crippen molar-refractivity contribution in [3.63, 3.8) is 0 Å². The van der Waals surface area contributed by atoms with Crippen LogP contribution in [0.2, 0.25) is 0 Å². The number of halogens is 2. The summed E-state index contributed by atoms with van der Waals surface area (Å²) in [5.74, 6) is 0.0556. The van der Waals surface area contributed by atoms with Crippen molar-refractivity contribution >= 4 is 11.8 Å². The number of aryl methyl sites for hydroxylation is 2. The first-order chi connectivity index (χ1) is 19.6. The molecule has 0 saturated heterocycles. The number of nitrogens with one attached hydrogen (secondary N) is 2. The maximum absolute atomic E-state index is 12.3. The minimum atomic E-state index is 0. The maximum Gasteiger partial charge on any atom is 0.251 e. The van der Waals surface area contributed by atoms with Crippen LogP contribution in [0.1, 0.15) is 137 Å². The lowest BCUT2D eigenvalue weighted by atomic mass is 10.1. The number of carbonyl (C=O) groups excluding carboxylic acids is 2. The molecule has 2 heterocycles. The Bertz CT molecular complexity index is 862. The first kappa shape index (κ1) is 40.2. The van der Waals surface area contributed by atoms with Crippen molar-refractivity contribution in [2.24, 2.45) is 0 Å². The van der Waals surface area contributed by atoms with Crippen LogP contribution in [0.5, 0.6) is 0 Å². The van der Waals surface area contributed by atoms with Crippen LogP contribution >= 0.6 is 0 Å². The molecule has 2 N–H and O–H groups in total. The molecule has 2 amide bonds. The van der Waals surface area contributed by atoms with Crippen molar-refractivity contribution in [1.82, 2.24) is 10.6 Å². The van der Waals surface area contributed by atoms with Gasteiger partial charge >= 0.3 is 0 Å². The number of nitrogens with zero attached hydrogens (tertiary/aromatic N) is 2. The summed E-state index contributed by atoms with van der Waals surface area (Å²) in [7, 11) is 0. The zero-order valence-electron chi connectivity index (χ0n) is 26.2. The maximum atomic E-state index is 12.3. The minimum absolute atomic E-state index is 0. The lowest BCUT2D eigenvalue weighted by Crippen LogP contribution is -3.00. The van der Waals surface area contributed by atoms with Gasteiger partial charge in [-0.25, -0.2) is 9.13 Å². The number of hydrogen-bond acceptors (Lipinski definition) is 2. The molecule has 0 saturated carbocycles. The first-order valence-corrected chi connectivity index (χ1v) is 16.2. The van der Waals surface area contributed by atoms with Crippen molar-refractivity contribution in [1.29, 1.82) is 0 Å². The predicted molar refractivity (Wildman–Crippen MR) is 163 cm³/mol. The molecule has 42 heavy (non-hydrogen) atoms. The molecule has 0 bridgehead atoms. The SMILES string of the molecule is CCCCCCCCNC(=O)c1cc[n+](CCCCCC[n+]2ccc(C(=O)NCCCCCCCC)cc2)cc1.[Br-].[Br-]. The largest absolute Gasteiger partial charge is 1.00 e. The van der Waals surface area contributed by atoms with Gasteiger partial charge in [0.05, 0.1) is 11.1 Å². The van der Waals surface area contributed by atoms with E-state index in [1.807, 2.05) is 49.1 Å². The summed E-state index contributed by atoms with van der Waals surface area (Å²) in [4.78, 5) is 24.7. The van der Waals surface area contributed by atoms with Crippen LogP contribution in [0.3, 0.4) is 0 Å². The lowest BCUT2D eigenvalue weighted by molar-refractivity contribution is -0.698. The number of aromatic nitrogens is 2. The summed E-state index contributed by atoms with van der Waals surface area (Å²) in [5.41, 5.74) is 1.47. The number of amides is 2. The van der Waals surface area contributed by atoms with E-state index in [0.717, 1.165) is 63.0 Å². The van der Waals surface area contributed by atoms with Crippen molar-refractivity contribution < 1.29 is 52.7 Å². The van der Waals surface area contributed by atoms with Gasteiger partial charge in [-0.3, -0.25) is 9.59 Å². The predicted octanol–water partition coefficient (Wildman–Crippen LogP) is 0.711. The molecular weight excluding hydrogens is 656 g/mol. The average Bonchev–Trinajstić information content (AvgIpc) is 2.98. The van der Waals surface area contributed by atoms with Crippen LogP contribution in [0.15, 0.2) is 49.1 Å². The van der Waals surface area contributed by atoms with Crippen molar-refractivity contribution in [3.05, 3.63) is 60.2 Å². The van der Waals surface area contributed by atoms with Crippen LogP contribution < -0.4 is 53.7 Å². The van der Waals surface area contributed by atoms with E-state index >= 15 is 0 Å². The molecule has 0 spiro atoms. The van der Waals surface area contributed by atoms with E-state index in [1.165, 1.54) is 77.0 Å². The molecule has 0 atom stereocenters. The van der Waals surface area contributed by atoms with Gasteiger partial charge < -0.3 is 44.6 Å². The van der Waals surface area contributed by atoms with E-state index in [0.29, 0.717) is 0 Å². The van der Waals surface area contributed by atoms with Crippen LogP contribution in [-0.4, -0.2) is 24.9 Å². The van der Waals surface area contributed by atoms with E-state index in [-0.39, 0.29) is 45.8 Å². The Morgan fingerprint density at radius 1 is 0.500 bits per heavy atom. The van der Waals surface area contributed by atoms with Gasteiger partial charge in [-0.15, -0.1) is 0 Å². The highest BCUT2D eigenvalue weighted by atomic mass is 79.9. The Balaban J connectivity index is 0.00000840. The van der Waals surface area contributed by atoms with E-state index in [4.69, 9.17) is 0 Å². The number of hydrogen-bond donors (Lipinski definition) is 2. The summed E-state index contributed by atoms with van der Waals surface area (Å²) in [6, 6.07) is 7.69. The number of carbonyl (C=O) groups is 2. The molecular formula is C34H56Br2N4O2. The summed E-state index contributed by atoms with van der Waals surface area (Å²) in [6.45, 7) is 7.92. The standard InChI is InChI=1S/C34H54N4O2.2BrH/c1-3-5-7-9-11-15-23-35-33(39)31-19-27-37(28-20-31)25-17-13-14-18-26-38-29-21-32(22-30-38)34(40)36-24-16-12-10-8-6-4-2;;/h19-22,27-30H,3-18,23-26H2,1-2H3;2*1H. The molecule has 0 fully saturated rings. The minimum Gasteiger partial charge on any atom is -1.00 e. The van der Waals surface area contributed by atoms with Gasteiger partial charge in [-0.2, -0.15) is 0 Å². The van der Waals surface area contributed by atoms with E-state index in [2.05, 4.69) is 33.6 Å². The fourth-order valence-electron chi connectivity index (χ4n) is 4.88. The monoisotopic (exact) mass is 710 g/mol. The Morgan fingerprint density at radius 3 is 1.17 bits per heavy atom. The first-order valence-electron chi connectivity index (χ1n) is 16.2. The third kappa shape index (κ3) is 18.7. The molecule has 0 unspecified atom stereocenters. The second-order valence-electron chi connectivity index (χ2n) is 11.1. The average molecular weight is 713 g/mol. The fourth-order valence-corrected chi connectivity index (χ4v) is 4.88. The molecule has 2 rings (SSSR count). The second-order valence-corrected chi connectivity index (χ2v) is 11.1. The number of rotatable bonds is 23. The molecule has 6 nitrogen and oxygen atoms in total. The molecule has 8 heteroatoms. The van der Waals surface area contributed by atoms with Gasteiger partial charge in [0.25, 0.3) is 11.8 Å². The van der Waals surface area contributed by atoms with Gasteiger partial charge in [-0.05, 0) is 25.7 Å². The lowest BCUT2D eigenvalue weighted by Gasteiger charge is -2.05. The van der Waals surface area contributed by atoms with Crippen LogP contribution in [0.25, 0.3) is 0 Å². The van der Waals surface area contributed by atoms with Crippen molar-refractivity contribution in [2.75, 3.05) is 13.1 Å². The summed E-state index contributed by atoms with van der Waals surface area (Å²) in [6.07, 6.45) is 27.4. The van der Waals surface area contributed by atoms with Crippen LogP contribution in [0.4, 0.5) is 0 Å². The van der Waals surface area contributed by atoms with Gasteiger partial charge in [0, 0.05) is 50.2 Å². The molecule has 238 valence electrons. The third-order valence-corrected chi connectivity index (χ3v) is 7.52. The van der Waals surface area contributed by atoms with Crippen molar-refractivity contribution in [3.8, 4) is 0 Å². The van der Waals surface area contributed by atoms with Gasteiger partial charge in [0.2, 0.25) is 0 Å². The topological polar surface area (TPSA) is 66.0 Å². The van der Waals surface area contributed by atoms with Crippen molar-refractivity contribution in [2.45, 2.75) is 130 Å². The highest BCUT2D eigenvalue weighted by Crippen LogP contribution is 2.06. The third-order valence-electron chi connectivity index (χ3n) is 7.52. The van der Waals surface area contributed by atoms with Gasteiger partial charge in [0.1, 0.15) is 13.1 Å². The number of unbranched alkanes of at least 4 members (excludes halogenated alkanes) is 13. The normalized spacial score (nSPS) is 10.4. The van der Waals surface area contributed by atoms with E-state index in [1.54, 1.807) is 0 Å². The Morgan fingerprint density at radius 2 is 0.810 bits per heavy atom. The van der Waals surface area contributed by atoms with Crippen LogP contribution in [-0.2, 0) is 13.1 Å². The summed E-state index contributed by atoms with van der Waals surface area (Å²) < 4.78 is 4.32. The molecule has 0 aliphatic rings. The molecule has 0 radical (unpaired) electrons. The van der Waals surface area contributed by atoms with Gasteiger partial charge in [-0.1, -0.05) is 78.1 Å². The molecule has 0 aliphatic carbocycles. The summed E-state index contributed by atoms with van der Waals surface area (Å²) in [5, 5.41) is 6.09. The molecule has 2 aromatic heterocycles. The quantitative estimate of drug-likeness (QED) is 0.132. The Labute approximate surface area is 277 Å². The highest BCUT2D eigenvalue weighted by molar-refractivity contribution is 5.94. The smallest absolute Gasteiger partial charge is 0.251 e. The molecule has 0 aromatic carbocycles. The Kier molecular flexibility index (Phi) is 25.7. The molecule has 0 aliphatic heterocycles.